The molecule has 31 heavy (non-hydrogen) atoms. The van der Waals surface area contributed by atoms with Crippen molar-refractivity contribution in [3.8, 4) is 17.1 Å². The Hall–Kier alpha value is -3.31. The maximum absolute atomic E-state index is 12.8. The number of hydrogen-bond donors (Lipinski definition) is 0. The molecule has 0 aliphatic carbocycles. The van der Waals surface area contributed by atoms with Gasteiger partial charge >= 0.3 is 5.97 Å². The van der Waals surface area contributed by atoms with Crippen LogP contribution in [0.25, 0.3) is 28.4 Å². The maximum atomic E-state index is 12.8. The number of benzene rings is 3. The highest BCUT2D eigenvalue weighted by Gasteiger charge is 2.24. The lowest BCUT2D eigenvalue weighted by molar-refractivity contribution is 0.0529. The van der Waals surface area contributed by atoms with Gasteiger partial charge in [0.05, 0.1) is 11.1 Å². The van der Waals surface area contributed by atoms with E-state index in [4.69, 9.17) is 13.9 Å². The molecular weight excluding hydrogens is 456 g/mol. The highest BCUT2D eigenvalue weighted by atomic mass is 79.9. The first-order valence-corrected chi connectivity index (χ1v) is 10.8. The first-order valence-electron chi connectivity index (χ1n) is 10.0. The molecule has 4 nitrogen and oxygen atoms in total. The quantitative estimate of drug-likeness (QED) is 0.266. The normalized spacial score (nSPS) is 11.2. The van der Waals surface area contributed by atoms with E-state index in [0.29, 0.717) is 34.6 Å². The predicted molar refractivity (Wildman–Crippen MR) is 126 cm³/mol. The third kappa shape index (κ3) is 4.72. The third-order valence-electron chi connectivity index (χ3n) is 4.70. The van der Waals surface area contributed by atoms with Crippen molar-refractivity contribution in [3.63, 3.8) is 0 Å². The second-order valence-corrected chi connectivity index (χ2v) is 7.65. The fourth-order valence-corrected chi connectivity index (χ4v) is 3.73. The molecule has 4 aromatic rings. The monoisotopic (exact) mass is 476 g/mol. The van der Waals surface area contributed by atoms with Crippen molar-refractivity contribution in [2.24, 2.45) is 0 Å². The van der Waals surface area contributed by atoms with Gasteiger partial charge in [-0.2, -0.15) is 0 Å². The van der Waals surface area contributed by atoms with Gasteiger partial charge in [-0.15, -0.1) is 0 Å². The van der Waals surface area contributed by atoms with Crippen molar-refractivity contribution in [2.45, 2.75) is 6.92 Å². The minimum atomic E-state index is -0.419. The zero-order valence-corrected chi connectivity index (χ0v) is 18.6. The maximum Gasteiger partial charge on any atom is 0.342 e. The Bertz CT molecular complexity index is 1210. The summed E-state index contributed by atoms with van der Waals surface area (Å²) in [7, 11) is 0. The van der Waals surface area contributed by atoms with E-state index in [2.05, 4.69) is 15.9 Å². The van der Waals surface area contributed by atoms with Crippen molar-refractivity contribution in [2.75, 3.05) is 13.2 Å². The molecule has 1 heterocycles. The van der Waals surface area contributed by atoms with Gasteiger partial charge in [0.2, 0.25) is 0 Å². The zero-order chi connectivity index (χ0) is 21.6. The molecule has 0 radical (unpaired) electrons. The van der Waals surface area contributed by atoms with Crippen molar-refractivity contribution in [1.82, 2.24) is 0 Å². The van der Waals surface area contributed by atoms with E-state index in [1.807, 2.05) is 84.9 Å². The second-order valence-electron chi connectivity index (χ2n) is 6.80. The van der Waals surface area contributed by atoms with Crippen molar-refractivity contribution < 1.29 is 18.7 Å². The summed E-state index contributed by atoms with van der Waals surface area (Å²) in [5.41, 5.74) is 2.90. The summed E-state index contributed by atoms with van der Waals surface area (Å²) in [6, 6.07) is 23.2. The number of fused-ring (bicyclic) bond motifs is 1. The number of rotatable bonds is 7. The number of furan rings is 1. The van der Waals surface area contributed by atoms with Crippen LogP contribution in [-0.4, -0.2) is 19.2 Å². The van der Waals surface area contributed by atoms with Gasteiger partial charge in [-0.05, 0) is 46.6 Å². The molecular formula is C26H21BrO4. The van der Waals surface area contributed by atoms with E-state index in [1.165, 1.54) is 0 Å². The number of halogens is 1. The molecule has 0 aliphatic rings. The Labute approximate surface area is 189 Å². The number of esters is 1. The summed E-state index contributed by atoms with van der Waals surface area (Å²) in [6.07, 6.45) is 3.95. The lowest BCUT2D eigenvalue weighted by atomic mass is 10.1. The minimum Gasteiger partial charge on any atom is -0.488 e. The average molecular weight is 477 g/mol. The standard InChI is InChI=1S/C26H21BrO4/c1-2-29-26(28)24-20-16-23(30-15-9-12-18-10-5-3-6-11-18)21(27)17-22(20)31-25(24)19-13-7-4-8-14-19/h3-14,16-17H,2,15H2,1H3/b12-9+. The molecule has 4 rings (SSSR count). The number of hydrogen-bond acceptors (Lipinski definition) is 4. The second kappa shape index (κ2) is 9.67. The molecule has 0 amide bonds. The Morgan fingerprint density at radius 1 is 1.03 bits per heavy atom. The van der Waals surface area contributed by atoms with Crippen LogP contribution in [0.2, 0.25) is 0 Å². The summed E-state index contributed by atoms with van der Waals surface area (Å²) < 4.78 is 18.1. The van der Waals surface area contributed by atoms with Crippen molar-refractivity contribution in [1.29, 1.82) is 0 Å². The first-order chi connectivity index (χ1) is 15.2. The molecule has 0 bridgehead atoms. The lowest BCUT2D eigenvalue weighted by Gasteiger charge is -2.07. The largest absolute Gasteiger partial charge is 0.488 e. The van der Waals surface area contributed by atoms with Crippen LogP contribution in [0.1, 0.15) is 22.8 Å². The number of carbonyl (C=O) groups excluding carboxylic acids is 1. The Morgan fingerprint density at radius 2 is 1.74 bits per heavy atom. The molecule has 0 unspecified atom stereocenters. The number of ether oxygens (including phenoxy) is 2. The van der Waals surface area contributed by atoms with E-state index in [1.54, 1.807) is 6.92 Å². The van der Waals surface area contributed by atoms with E-state index in [9.17, 15) is 4.79 Å². The van der Waals surface area contributed by atoms with Crippen molar-refractivity contribution in [3.05, 3.63) is 94.5 Å². The van der Waals surface area contributed by atoms with E-state index < -0.39 is 5.97 Å². The molecule has 1 aromatic heterocycles. The van der Waals surface area contributed by atoms with Crippen LogP contribution in [0.5, 0.6) is 5.75 Å². The molecule has 5 heteroatoms. The highest BCUT2D eigenvalue weighted by molar-refractivity contribution is 9.10. The van der Waals surface area contributed by atoms with E-state index >= 15 is 0 Å². The molecule has 156 valence electrons. The van der Waals surface area contributed by atoms with Crippen LogP contribution in [0.4, 0.5) is 0 Å². The van der Waals surface area contributed by atoms with Gasteiger partial charge in [-0.1, -0.05) is 66.7 Å². The van der Waals surface area contributed by atoms with Crippen LogP contribution in [0.15, 0.2) is 87.8 Å². The SMILES string of the molecule is CCOC(=O)c1c(-c2ccccc2)oc2cc(Br)c(OC/C=C/c3ccccc3)cc12. The predicted octanol–water partition coefficient (Wildman–Crippen LogP) is 7.13. The Kier molecular flexibility index (Phi) is 6.53. The summed E-state index contributed by atoms with van der Waals surface area (Å²) in [5.74, 6) is 0.690. The third-order valence-corrected chi connectivity index (χ3v) is 5.32. The van der Waals surface area contributed by atoms with E-state index in [0.717, 1.165) is 15.6 Å². The summed E-state index contributed by atoms with van der Waals surface area (Å²) in [5, 5.41) is 0.655. The number of carbonyl (C=O) groups is 1. The lowest BCUT2D eigenvalue weighted by Crippen LogP contribution is -2.05. The summed E-state index contributed by atoms with van der Waals surface area (Å²) in [4.78, 5) is 12.8. The van der Waals surface area contributed by atoms with Gasteiger partial charge < -0.3 is 13.9 Å². The molecule has 0 atom stereocenters. The molecule has 0 saturated heterocycles. The van der Waals surface area contributed by atoms with Crippen LogP contribution < -0.4 is 4.74 Å². The van der Waals surface area contributed by atoms with Gasteiger partial charge in [0.25, 0.3) is 0 Å². The molecule has 0 N–H and O–H groups in total. The van der Waals surface area contributed by atoms with E-state index in [-0.39, 0.29) is 6.61 Å². The molecule has 0 saturated carbocycles. The molecule has 0 spiro atoms. The van der Waals surface area contributed by atoms with Gasteiger partial charge in [-0.25, -0.2) is 4.79 Å². The molecule has 0 fully saturated rings. The minimum absolute atomic E-state index is 0.282. The fraction of sp³-hybridized carbons (Fsp3) is 0.115. The molecule has 3 aromatic carbocycles. The zero-order valence-electron chi connectivity index (χ0n) is 17.0. The summed E-state index contributed by atoms with van der Waals surface area (Å²) >= 11 is 3.55. The fourth-order valence-electron chi connectivity index (χ4n) is 3.29. The smallest absolute Gasteiger partial charge is 0.342 e. The van der Waals surface area contributed by atoms with Gasteiger partial charge in [0.1, 0.15) is 29.3 Å². The highest BCUT2D eigenvalue weighted by Crippen LogP contribution is 2.39. The average Bonchev–Trinajstić information content (AvgIpc) is 3.16. The first kappa shape index (κ1) is 20.9. The van der Waals surface area contributed by atoms with Crippen LogP contribution in [0.3, 0.4) is 0 Å². The summed E-state index contributed by atoms with van der Waals surface area (Å²) in [6.45, 7) is 2.45. The van der Waals surface area contributed by atoms with Gasteiger partial charge in [0, 0.05) is 10.9 Å². The van der Waals surface area contributed by atoms with Crippen LogP contribution in [0, 0.1) is 0 Å². The molecule has 0 aliphatic heterocycles. The Morgan fingerprint density at radius 3 is 2.45 bits per heavy atom. The Balaban J connectivity index is 1.68. The van der Waals surface area contributed by atoms with Crippen LogP contribution in [-0.2, 0) is 4.74 Å². The van der Waals surface area contributed by atoms with Gasteiger partial charge in [0.15, 0.2) is 0 Å². The topological polar surface area (TPSA) is 48.7 Å². The van der Waals surface area contributed by atoms with Crippen LogP contribution >= 0.6 is 15.9 Å². The van der Waals surface area contributed by atoms with Crippen molar-refractivity contribution >= 4 is 38.9 Å². The van der Waals surface area contributed by atoms with Gasteiger partial charge in [-0.3, -0.25) is 0 Å².